The second-order valence-electron chi connectivity index (χ2n) is 9.40. The molecule has 0 saturated heterocycles. The average Bonchev–Trinajstić information content (AvgIpc) is 2.99. The van der Waals surface area contributed by atoms with Gasteiger partial charge in [-0.15, -0.1) is 0 Å². The van der Waals surface area contributed by atoms with Gasteiger partial charge in [0.05, 0.1) is 0 Å². The molecule has 0 heterocycles. The minimum Gasteiger partial charge on any atom is -0.399 e. The number of anilines is 3. The molecular weight excluding hydrogens is 460 g/mol. The molecule has 182 valence electrons. The Labute approximate surface area is 224 Å². The minimum absolute atomic E-state index is 0.769. The number of rotatable bonds is 6. The van der Waals surface area contributed by atoms with Gasteiger partial charge in [-0.05, 0) is 81.4 Å². The van der Waals surface area contributed by atoms with E-state index in [4.69, 9.17) is 5.73 Å². The molecule has 0 atom stereocenters. The summed E-state index contributed by atoms with van der Waals surface area (Å²) < 4.78 is 0. The fourth-order valence-corrected chi connectivity index (χ4v) is 4.78. The van der Waals surface area contributed by atoms with Gasteiger partial charge in [-0.2, -0.15) is 0 Å². The van der Waals surface area contributed by atoms with E-state index >= 15 is 0 Å². The highest BCUT2D eigenvalue weighted by molar-refractivity contribution is 5.87. The summed E-state index contributed by atoms with van der Waals surface area (Å²) in [6.07, 6.45) is 0. The van der Waals surface area contributed by atoms with Crippen LogP contribution in [0.15, 0.2) is 152 Å². The third-order valence-electron chi connectivity index (χ3n) is 6.82. The Morgan fingerprint density at radius 1 is 0.368 bits per heavy atom. The van der Waals surface area contributed by atoms with E-state index in [-0.39, 0.29) is 0 Å². The molecule has 0 aliphatic rings. The molecule has 2 heteroatoms. The van der Waals surface area contributed by atoms with Crippen molar-refractivity contribution in [2.45, 2.75) is 0 Å². The number of nitrogen functional groups attached to an aromatic ring is 1. The van der Waals surface area contributed by atoms with Gasteiger partial charge in [0.2, 0.25) is 0 Å². The lowest BCUT2D eigenvalue weighted by Crippen LogP contribution is -1.94. The number of nitrogens with one attached hydrogen (secondary N) is 1. The Kier molecular flexibility index (Phi) is 6.44. The van der Waals surface area contributed by atoms with E-state index in [9.17, 15) is 0 Å². The maximum atomic E-state index is 5.92. The van der Waals surface area contributed by atoms with E-state index < -0.39 is 0 Å². The van der Waals surface area contributed by atoms with Crippen molar-refractivity contribution in [1.29, 1.82) is 0 Å². The SMILES string of the molecule is Nc1ccc(-c2cccc(-c3cc(-c4ccc(-c5ccccc5)cc4)ccc3Nc3ccccc3)c2)cc1. The third-order valence-corrected chi connectivity index (χ3v) is 6.82. The molecule has 0 radical (unpaired) electrons. The summed E-state index contributed by atoms with van der Waals surface area (Å²) in [5, 5.41) is 3.63. The Bertz CT molecular complexity index is 1650. The Morgan fingerprint density at radius 3 is 1.53 bits per heavy atom. The maximum absolute atomic E-state index is 5.92. The average molecular weight is 489 g/mol. The zero-order valence-electron chi connectivity index (χ0n) is 21.0. The number of hydrogen-bond donors (Lipinski definition) is 2. The largest absolute Gasteiger partial charge is 0.399 e. The minimum atomic E-state index is 0.769. The topological polar surface area (TPSA) is 38.0 Å². The fraction of sp³-hybridized carbons (Fsp3) is 0. The summed E-state index contributed by atoms with van der Waals surface area (Å²) in [5.41, 5.74) is 18.2. The highest BCUT2D eigenvalue weighted by Gasteiger charge is 2.11. The second-order valence-corrected chi connectivity index (χ2v) is 9.40. The van der Waals surface area contributed by atoms with Crippen LogP contribution in [0.3, 0.4) is 0 Å². The van der Waals surface area contributed by atoms with Gasteiger partial charge in [-0.3, -0.25) is 0 Å². The van der Waals surface area contributed by atoms with Crippen LogP contribution in [-0.2, 0) is 0 Å². The lowest BCUT2D eigenvalue weighted by atomic mass is 9.94. The summed E-state index contributed by atoms with van der Waals surface area (Å²) in [6, 6.07) is 53.0. The van der Waals surface area contributed by atoms with Crippen LogP contribution in [0.25, 0.3) is 44.5 Å². The van der Waals surface area contributed by atoms with E-state index in [1.807, 2.05) is 36.4 Å². The van der Waals surface area contributed by atoms with Gasteiger partial charge in [-0.25, -0.2) is 0 Å². The molecule has 0 unspecified atom stereocenters. The normalized spacial score (nSPS) is 10.7. The van der Waals surface area contributed by atoms with Crippen LogP contribution in [0.2, 0.25) is 0 Å². The molecule has 0 aromatic heterocycles. The van der Waals surface area contributed by atoms with Crippen LogP contribution in [-0.4, -0.2) is 0 Å². The highest BCUT2D eigenvalue weighted by Crippen LogP contribution is 2.37. The number of benzene rings is 6. The smallest absolute Gasteiger partial charge is 0.0464 e. The monoisotopic (exact) mass is 488 g/mol. The van der Waals surface area contributed by atoms with Crippen LogP contribution in [0.4, 0.5) is 17.1 Å². The first-order valence-corrected chi connectivity index (χ1v) is 12.8. The van der Waals surface area contributed by atoms with Crippen molar-refractivity contribution in [2.24, 2.45) is 0 Å². The first-order valence-electron chi connectivity index (χ1n) is 12.8. The summed E-state index contributed by atoms with van der Waals surface area (Å²) in [6.45, 7) is 0. The van der Waals surface area contributed by atoms with Crippen molar-refractivity contribution in [3.8, 4) is 44.5 Å². The van der Waals surface area contributed by atoms with E-state index in [0.717, 1.165) is 39.3 Å². The summed E-state index contributed by atoms with van der Waals surface area (Å²) in [4.78, 5) is 0. The van der Waals surface area contributed by atoms with E-state index in [0.29, 0.717) is 0 Å². The first-order chi connectivity index (χ1) is 18.7. The standard InChI is InChI=1S/C36H28N2/c37-33-21-18-29(19-22-33)30-10-7-11-32(24-30)35-25-31(20-23-36(35)38-34-12-5-2-6-13-34)28-16-14-27(15-17-28)26-8-3-1-4-9-26/h1-25,38H,37H2. The van der Waals surface area contributed by atoms with Crippen molar-refractivity contribution < 1.29 is 0 Å². The zero-order chi connectivity index (χ0) is 25.7. The van der Waals surface area contributed by atoms with Crippen LogP contribution >= 0.6 is 0 Å². The van der Waals surface area contributed by atoms with Crippen LogP contribution in [0.1, 0.15) is 0 Å². The maximum Gasteiger partial charge on any atom is 0.0464 e. The first kappa shape index (κ1) is 23.3. The van der Waals surface area contributed by atoms with Crippen molar-refractivity contribution in [1.82, 2.24) is 0 Å². The molecule has 2 nitrogen and oxygen atoms in total. The molecule has 0 fully saturated rings. The molecule has 38 heavy (non-hydrogen) atoms. The van der Waals surface area contributed by atoms with Gasteiger partial charge in [-0.1, -0.05) is 109 Å². The predicted octanol–water partition coefficient (Wildman–Crippen LogP) is 9.68. The van der Waals surface area contributed by atoms with E-state index in [1.54, 1.807) is 0 Å². The van der Waals surface area contributed by atoms with Gasteiger partial charge in [0.15, 0.2) is 0 Å². The number of para-hydroxylation sites is 1. The Balaban J connectivity index is 1.41. The van der Waals surface area contributed by atoms with E-state index in [1.165, 1.54) is 22.3 Å². The molecule has 0 bridgehead atoms. The van der Waals surface area contributed by atoms with Gasteiger partial charge >= 0.3 is 0 Å². The second kappa shape index (κ2) is 10.5. The molecule has 0 spiro atoms. The van der Waals surface area contributed by atoms with Crippen LogP contribution < -0.4 is 11.1 Å². The molecule has 0 aliphatic heterocycles. The molecule has 6 aromatic carbocycles. The van der Waals surface area contributed by atoms with E-state index in [2.05, 4.69) is 121 Å². The molecule has 0 saturated carbocycles. The van der Waals surface area contributed by atoms with Crippen molar-refractivity contribution >= 4 is 17.1 Å². The van der Waals surface area contributed by atoms with Gasteiger partial charge in [0, 0.05) is 22.6 Å². The Hall–Kier alpha value is -5.08. The fourth-order valence-electron chi connectivity index (χ4n) is 4.78. The van der Waals surface area contributed by atoms with Crippen molar-refractivity contribution in [3.63, 3.8) is 0 Å². The van der Waals surface area contributed by atoms with Crippen LogP contribution in [0, 0.1) is 0 Å². The molecule has 3 N–H and O–H groups in total. The molecule has 6 rings (SSSR count). The lowest BCUT2D eigenvalue weighted by Gasteiger charge is -2.16. The van der Waals surface area contributed by atoms with Crippen LogP contribution in [0.5, 0.6) is 0 Å². The van der Waals surface area contributed by atoms with Gasteiger partial charge in [0.1, 0.15) is 0 Å². The quantitative estimate of drug-likeness (QED) is 0.229. The van der Waals surface area contributed by atoms with Gasteiger partial charge in [0.25, 0.3) is 0 Å². The summed E-state index contributed by atoms with van der Waals surface area (Å²) in [5.74, 6) is 0. The molecular formula is C36H28N2. The number of hydrogen-bond acceptors (Lipinski definition) is 2. The summed E-state index contributed by atoms with van der Waals surface area (Å²) in [7, 11) is 0. The molecule has 0 aliphatic carbocycles. The highest BCUT2D eigenvalue weighted by atomic mass is 14.9. The molecule has 0 amide bonds. The summed E-state index contributed by atoms with van der Waals surface area (Å²) >= 11 is 0. The third kappa shape index (κ3) is 5.07. The molecule has 6 aromatic rings. The van der Waals surface area contributed by atoms with Crippen molar-refractivity contribution in [3.05, 3.63) is 152 Å². The number of nitrogens with two attached hydrogens (primary N) is 1. The van der Waals surface area contributed by atoms with Crippen molar-refractivity contribution in [2.75, 3.05) is 11.1 Å². The Morgan fingerprint density at radius 2 is 0.842 bits per heavy atom. The zero-order valence-corrected chi connectivity index (χ0v) is 21.0. The van der Waals surface area contributed by atoms with Gasteiger partial charge < -0.3 is 11.1 Å². The lowest BCUT2D eigenvalue weighted by molar-refractivity contribution is 1.52. The predicted molar refractivity (Wildman–Crippen MR) is 162 cm³/mol.